The third-order valence-electron chi connectivity index (χ3n) is 3.16. The Kier molecular flexibility index (Phi) is 3.07. The van der Waals surface area contributed by atoms with Crippen LogP contribution in [0.2, 0.25) is 0 Å². The number of aromatic nitrogens is 2. The molecule has 1 aromatic rings. The van der Waals surface area contributed by atoms with Crippen molar-refractivity contribution in [3.05, 3.63) is 18.0 Å². The minimum Gasteiger partial charge on any atom is -0.393 e. The summed E-state index contributed by atoms with van der Waals surface area (Å²) in [5.41, 5.74) is 1.25. The molecule has 2 unspecified atom stereocenters. The molecule has 15 heavy (non-hydrogen) atoms. The molecular formula is C11H19N3O. The van der Waals surface area contributed by atoms with Crippen LogP contribution < -0.4 is 0 Å². The third-order valence-corrected chi connectivity index (χ3v) is 3.16. The number of hydrogen-bond donors (Lipinski definition) is 1. The maximum Gasteiger partial charge on any atom is 0.0552 e. The topological polar surface area (TPSA) is 41.3 Å². The van der Waals surface area contributed by atoms with Crippen LogP contribution in [0, 0.1) is 5.92 Å². The average Bonchev–Trinajstić information content (AvgIpc) is 2.76. The van der Waals surface area contributed by atoms with Crippen molar-refractivity contribution in [3.63, 3.8) is 0 Å². The molecule has 1 saturated heterocycles. The van der Waals surface area contributed by atoms with E-state index < -0.39 is 0 Å². The lowest BCUT2D eigenvalue weighted by molar-refractivity contribution is 0.127. The Labute approximate surface area is 90.5 Å². The minimum atomic E-state index is -0.177. The van der Waals surface area contributed by atoms with E-state index in [1.54, 1.807) is 0 Å². The van der Waals surface area contributed by atoms with E-state index in [4.69, 9.17) is 0 Å². The molecular weight excluding hydrogens is 190 g/mol. The standard InChI is InChI=1S/C11H19N3O/c1-9(15)11-3-4-14(8-11)7-10-5-12-13(2)6-10/h5-6,9,11,15H,3-4,7-8H2,1-2H3. The van der Waals surface area contributed by atoms with Gasteiger partial charge < -0.3 is 5.11 Å². The number of hydrogen-bond acceptors (Lipinski definition) is 3. The van der Waals surface area contributed by atoms with Gasteiger partial charge in [-0.05, 0) is 25.8 Å². The third kappa shape index (κ3) is 2.58. The molecule has 0 aliphatic carbocycles. The summed E-state index contributed by atoms with van der Waals surface area (Å²) in [6, 6.07) is 0. The van der Waals surface area contributed by atoms with Gasteiger partial charge in [0, 0.05) is 31.9 Å². The first-order valence-electron chi connectivity index (χ1n) is 5.53. The van der Waals surface area contributed by atoms with Crippen molar-refractivity contribution < 1.29 is 5.11 Å². The fourth-order valence-electron chi connectivity index (χ4n) is 2.21. The van der Waals surface area contributed by atoms with Crippen LogP contribution >= 0.6 is 0 Å². The maximum absolute atomic E-state index is 9.50. The molecule has 2 atom stereocenters. The molecule has 0 amide bonds. The second kappa shape index (κ2) is 4.33. The smallest absolute Gasteiger partial charge is 0.0552 e. The zero-order valence-electron chi connectivity index (χ0n) is 9.43. The molecule has 0 spiro atoms. The van der Waals surface area contributed by atoms with Gasteiger partial charge in [-0.1, -0.05) is 0 Å². The zero-order chi connectivity index (χ0) is 10.8. The summed E-state index contributed by atoms with van der Waals surface area (Å²) in [5.74, 6) is 0.446. The molecule has 2 heterocycles. The van der Waals surface area contributed by atoms with Crippen LogP contribution in [0.4, 0.5) is 0 Å². The predicted octanol–water partition coefficient (Wildman–Crippen LogP) is 0.623. The lowest BCUT2D eigenvalue weighted by atomic mass is 10.0. The first-order chi connectivity index (χ1) is 7.15. The summed E-state index contributed by atoms with van der Waals surface area (Å²) in [6.07, 6.45) is 4.90. The molecule has 0 aromatic carbocycles. The molecule has 2 rings (SSSR count). The fourth-order valence-corrected chi connectivity index (χ4v) is 2.21. The lowest BCUT2D eigenvalue weighted by Gasteiger charge is -2.16. The Morgan fingerprint density at radius 2 is 2.47 bits per heavy atom. The molecule has 0 radical (unpaired) electrons. The molecule has 1 N–H and O–H groups in total. The molecule has 4 heteroatoms. The van der Waals surface area contributed by atoms with Gasteiger partial charge in [0.1, 0.15) is 0 Å². The second-order valence-corrected chi connectivity index (χ2v) is 4.55. The monoisotopic (exact) mass is 209 g/mol. The van der Waals surface area contributed by atoms with Gasteiger partial charge in [0.15, 0.2) is 0 Å². The SMILES string of the molecule is CC(O)C1CCN(Cc2cnn(C)c2)C1. The van der Waals surface area contributed by atoms with Gasteiger partial charge in [-0.3, -0.25) is 9.58 Å². The highest BCUT2D eigenvalue weighted by Gasteiger charge is 2.25. The van der Waals surface area contributed by atoms with Crippen molar-refractivity contribution in [3.8, 4) is 0 Å². The molecule has 1 aliphatic heterocycles. The number of aliphatic hydroxyl groups is 1. The molecule has 1 aromatic heterocycles. The minimum absolute atomic E-state index is 0.177. The van der Waals surface area contributed by atoms with Crippen molar-refractivity contribution >= 4 is 0 Å². The van der Waals surface area contributed by atoms with E-state index >= 15 is 0 Å². The van der Waals surface area contributed by atoms with Crippen LogP contribution in [0.5, 0.6) is 0 Å². The summed E-state index contributed by atoms with van der Waals surface area (Å²) in [5, 5.41) is 13.7. The van der Waals surface area contributed by atoms with E-state index in [0.29, 0.717) is 5.92 Å². The van der Waals surface area contributed by atoms with Gasteiger partial charge in [0.2, 0.25) is 0 Å². The summed E-state index contributed by atoms with van der Waals surface area (Å²) in [6.45, 7) is 4.94. The molecule has 1 aliphatic rings. The van der Waals surface area contributed by atoms with E-state index in [0.717, 1.165) is 26.1 Å². The van der Waals surface area contributed by atoms with Gasteiger partial charge >= 0.3 is 0 Å². The van der Waals surface area contributed by atoms with Gasteiger partial charge in [-0.15, -0.1) is 0 Å². The van der Waals surface area contributed by atoms with Crippen LogP contribution in [-0.2, 0) is 13.6 Å². The zero-order valence-corrected chi connectivity index (χ0v) is 9.43. The summed E-state index contributed by atoms with van der Waals surface area (Å²) in [4.78, 5) is 2.38. The number of likely N-dealkylation sites (tertiary alicyclic amines) is 1. The van der Waals surface area contributed by atoms with Gasteiger partial charge in [-0.2, -0.15) is 5.10 Å². The Hall–Kier alpha value is -0.870. The van der Waals surface area contributed by atoms with Crippen molar-refractivity contribution in [2.75, 3.05) is 13.1 Å². The fraction of sp³-hybridized carbons (Fsp3) is 0.727. The first-order valence-corrected chi connectivity index (χ1v) is 5.53. The van der Waals surface area contributed by atoms with Crippen LogP contribution in [0.3, 0.4) is 0 Å². The van der Waals surface area contributed by atoms with Crippen molar-refractivity contribution in [2.45, 2.75) is 26.0 Å². The van der Waals surface area contributed by atoms with Gasteiger partial charge in [0.25, 0.3) is 0 Å². The van der Waals surface area contributed by atoms with E-state index in [1.165, 1.54) is 5.56 Å². The van der Waals surface area contributed by atoms with Gasteiger partial charge in [0.05, 0.1) is 12.3 Å². The van der Waals surface area contributed by atoms with Crippen molar-refractivity contribution in [2.24, 2.45) is 13.0 Å². The molecule has 0 saturated carbocycles. The summed E-state index contributed by atoms with van der Waals surface area (Å²) < 4.78 is 1.83. The van der Waals surface area contributed by atoms with Crippen LogP contribution in [-0.4, -0.2) is 39.0 Å². The predicted molar refractivity (Wildman–Crippen MR) is 58.3 cm³/mol. The number of rotatable bonds is 3. The van der Waals surface area contributed by atoms with E-state index in [9.17, 15) is 5.11 Å². The highest BCUT2D eigenvalue weighted by molar-refractivity contribution is 5.03. The van der Waals surface area contributed by atoms with Crippen molar-refractivity contribution in [1.82, 2.24) is 14.7 Å². The van der Waals surface area contributed by atoms with Gasteiger partial charge in [-0.25, -0.2) is 0 Å². The highest BCUT2D eigenvalue weighted by Crippen LogP contribution is 2.21. The van der Waals surface area contributed by atoms with Crippen LogP contribution in [0.15, 0.2) is 12.4 Å². The average molecular weight is 209 g/mol. The Morgan fingerprint density at radius 3 is 3.00 bits per heavy atom. The molecule has 84 valence electrons. The summed E-state index contributed by atoms with van der Waals surface area (Å²) in [7, 11) is 1.94. The van der Waals surface area contributed by atoms with Crippen LogP contribution in [0.25, 0.3) is 0 Å². The van der Waals surface area contributed by atoms with E-state index in [2.05, 4.69) is 16.2 Å². The second-order valence-electron chi connectivity index (χ2n) is 4.55. The first kappa shape index (κ1) is 10.6. The largest absolute Gasteiger partial charge is 0.393 e. The van der Waals surface area contributed by atoms with E-state index in [-0.39, 0.29) is 6.10 Å². The maximum atomic E-state index is 9.50. The van der Waals surface area contributed by atoms with Crippen molar-refractivity contribution in [1.29, 1.82) is 0 Å². The summed E-state index contributed by atoms with van der Waals surface area (Å²) >= 11 is 0. The van der Waals surface area contributed by atoms with Crippen LogP contribution in [0.1, 0.15) is 18.9 Å². The normalized spacial score (nSPS) is 24.6. The number of nitrogens with zero attached hydrogens (tertiary/aromatic N) is 3. The Balaban J connectivity index is 1.87. The lowest BCUT2D eigenvalue weighted by Crippen LogP contribution is -2.23. The molecule has 1 fully saturated rings. The number of aryl methyl sites for hydroxylation is 1. The van der Waals surface area contributed by atoms with E-state index in [1.807, 2.05) is 24.9 Å². The Morgan fingerprint density at radius 1 is 1.67 bits per heavy atom. The number of aliphatic hydroxyl groups excluding tert-OH is 1. The Bertz CT molecular complexity index is 321. The molecule has 0 bridgehead atoms. The quantitative estimate of drug-likeness (QED) is 0.793. The highest BCUT2D eigenvalue weighted by atomic mass is 16.3. The molecule has 4 nitrogen and oxygen atoms in total.